The van der Waals surface area contributed by atoms with Gasteiger partial charge < -0.3 is 14.5 Å². The second-order valence-electron chi connectivity index (χ2n) is 5.03. The lowest BCUT2D eigenvalue weighted by Gasteiger charge is -2.47. The highest BCUT2D eigenvalue weighted by Crippen LogP contribution is 2.42. The van der Waals surface area contributed by atoms with Crippen LogP contribution in [-0.2, 0) is 10.2 Å². The average molecular weight is 223 g/mol. The average Bonchev–Trinajstić information content (AvgIpc) is 2.68. The standard InChI is InChI=1S/C13H21NO2/c1-10(2)11(7-14-3)13(8-15-9-13)12-5-4-6-16-12/h4-6,10-11,14H,7-9H2,1-3H3. The Morgan fingerprint density at radius 1 is 1.44 bits per heavy atom. The first-order valence-corrected chi connectivity index (χ1v) is 5.97. The molecule has 2 rings (SSSR count). The number of furan rings is 1. The minimum atomic E-state index is 0.0840. The zero-order valence-corrected chi connectivity index (χ0v) is 10.3. The summed E-state index contributed by atoms with van der Waals surface area (Å²) in [5.41, 5.74) is 0.0840. The molecular formula is C13H21NO2. The molecule has 3 nitrogen and oxygen atoms in total. The van der Waals surface area contributed by atoms with Crippen LogP contribution in [-0.4, -0.2) is 26.8 Å². The molecular weight excluding hydrogens is 202 g/mol. The van der Waals surface area contributed by atoms with E-state index >= 15 is 0 Å². The quantitative estimate of drug-likeness (QED) is 0.829. The summed E-state index contributed by atoms with van der Waals surface area (Å²) in [7, 11) is 2.00. The minimum absolute atomic E-state index is 0.0840. The maximum atomic E-state index is 5.61. The topological polar surface area (TPSA) is 34.4 Å². The van der Waals surface area contributed by atoms with Crippen molar-refractivity contribution in [3.8, 4) is 0 Å². The third-order valence-corrected chi connectivity index (χ3v) is 3.67. The van der Waals surface area contributed by atoms with Crippen LogP contribution in [0.2, 0.25) is 0 Å². The summed E-state index contributed by atoms with van der Waals surface area (Å²) in [6.45, 7) is 7.10. The van der Waals surface area contributed by atoms with Gasteiger partial charge in [-0.2, -0.15) is 0 Å². The Hall–Kier alpha value is -0.800. The van der Waals surface area contributed by atoms with Crippen molar-refractivity contribution in [3.05, 3.63) is 24.2 Å². The number of hydrogen-bond acceptors (Lipinski definition) is 3. The Balaban J connectivity index is 2.25. The molecule has 16 heavy (non-hydrogen) atoms. The van der Waals surface area contributed by atoms with Gasteiger partial charge in [-0.25, -0.2) is 0 Å². The lowest BCUT2D eigenvalue weighted by molar-refractivity contribution is -0.109. The van der Waals surface area contributed by atoms with Crippen LogP contribution in [0, 0.1) is 11.8 Å². The van der Waals surface area contributed by atoms with E-state index in [0.717, 1.165) is 25.5 Å². The number of rotatable bonds is 5. The molecule has 0 aliphatic carbocycles. The van der Waals surface area contributed by atoms with Gasteiger partial charge in [0.25, 0.3) is 0 Å². The summed E-state index contributed by atoms with van der Waals surface area (Å²) in [5.74, 6) is 2.24. The van der Waals surface area contributed by atoms with Crippen LogP contribution < -0.4 is 5.32 Å². The second kappa shape index (κ2) is 4.60. The predicted octanol–water partition coefficient (Wildman–Crippen LogP) is 2.04. The summed E-state index contributed by atoms with van der Waals surface area (Å²) in [6.07, 6.45) is 1.76. The van der Waals surface area contributed by atoms with E-state index in [1.54, 1.807) is 6.26 Å². The molecule has 2 heterocycles. The lowest BCUT2D eigenvalue weighted by atomic mass is 9.67. The molecule has 1 aromatic heterocycles. The van der Waals surface area contributed by atoms with E-state index in [4.69, 9.17) is 9.15 Å². The molecule has 1 N–H and O–H groups in total. The van der Waals surface area contributed by atoms with Crippen molar-refractivity contribution < 1.29 is 9.15 Å². The maximum absolute atomic E-state index is 5.61. The molecule has 1 fully saturated rings. The second-order valence-corrected chi connectivity index (χ2v) is 5.03. The van der Waals surface area contributed by atoms with Gasteiger partial charge in [0.1, 0.15) is 5.76 Å². The third kappa shape index (κ3) is 1.78. The van der Waals surface area contributed by atoms with Crippen LogP contribution >= 0.6 is 0 Å². The van der Waals surface area contributed by atoms with Crippen LogP contribution in [0.5, 0.6) is 0 Å². The van der Waals surface area contributed by atoms with Crippen molar-refractivity contribution in [1.82, 2.24) is 5.32 Å². The Morgan fingerprint density at radius 2 is 2.19 bits per heavy atom. The molecule has 0 radical (unpaired) electrons. The van der Waals surface area contributed by atoms with E-state index in [9.17, 15) is 0 Å². The fourth-order valence-electron chi connectivity index (χ4n) is 2.71. The third-order valence-electron chi connectivity index (χ3n) is 3.67. The van der Waals surface area contributed by atoms with Gasteiger partial charge in [-0.05, 0) is 37.6 Å². The fourth-order valence-corrected chi connectivity index (χ4v) is 2.71. The first kappa shape index (κ1) is 11.7. The Labute approximate surface area is 97.2 Å². The molecule has 90 valence electrons. The van der Waals surface area contributed by atoms with Gasteiger partial charge in [0.05, 0.1) is 24.9 Å². The van der Waals surface area contributed by atoms with E-state index in [1.807, 2.05) is 13.1 Å². The van der Waals surface area contributed by atoms with Gasteiger partial charge in [0.15, 0.2) is 0 Å². The fraction of sp³-hybridized carbons (Fsp3) is 0.692. The van der Waals surface area contributed by atoms with E-state index in [2.05, 4.69) is 25.2 Å². The Bertz CT molecular complexity index is 315. The Morgan fingerprint density at radius 3 is 2.56 bits per heavy atom. The van der Waals surface area contributed by atoms with Gasteiger partial charge in [-0.15, -0.1) is 0 Å². The zero-order chi connectivity index (χ0) is 11.6. The van der Waals surface area contributed by atoms with E-state index in [-0.39, 0.29) is 5.41 Å². The highest BCUT2D eigenvalue weighted by Gasteiger charge is 2.49. The molecule has 1 saturated heterocycles. The first-order valence-electron chi connectivity index (χ1n) is 5.97. The van der Waals surface area contributed by atoms with Crippen LogP contribution in [0.15, 0.2) is 22.8 Å². The molecule has 0 aromatic carbocycles. The largest absolute Gasteiger partial charge is 0.469 e. The van der Waals surface area contributed by atoms with Crippen molar-refractivity contribution >= 4 is 0 Å². The van der Waals surface area contributed by atoms with Crippen molar-refractivity contribution in [2.75, 3.05) is 26.8 Å². The predicted molar refractivity (Wildman–Crippen MR) is 63.5 cm³/mol. The molecule has 1 aliphatic heterocycles. The van der Waals surface area contributed by atoms with Gasteiger partial charge >= 0.3 is 0 Å². The summed E-state index contributed by atoms with van der Waals surface area (Å²) >= 11 is 0. The van der Waals surface area contributed by atoms with Crippen molar-refractivity contribution in [3.63, 3.8) is 0 Å². The van der Waals surface area contributed by atoms with Crippen LogP contribution in [0.25, 0.3) is 0 Å². The molecule has 1 aliphatic rings. The zero-order valence-electron chi connectivity index (χ0n) is 10.3. The molecule has 0 saturated carbocycles. The minimum Gasteiger partial charge on any atom is -0.469 e. The SMILES string of the molecule is CNCC(C(C)C)C1(c2ccco2)COC1. The van der Waals surface area contributed by atoms with Gasteiger partial charge in [-0.3, -0.25) is 0 Å². The molecule has 1 atom stereocenters. The smallest absolute Gasteiger partial charge is 0.114 e. The summed E-state index contributed by atoms with van der Waals surface area (Å²) in [5, 5.41) is 3.29. The molecule has 1 aromatic rings. The van der Waals surface area contributed by atoms with E-state index < -0.39 is 0 Å². The summed E-state index contributed by atoms with van der Waals surface area (Å²) < 4.78 is 11.1. The van der Waals surface area contributed by atoms with Crippen molar-refractivity contribution in [2.45, 2.75) is 19.3 Å². The van der Waals surface area contributed by atoms with Gasteiger partial charge in [0.2, 0.25) is 0 Å². The molecule has 0 spiro atoms. The van der Waals surface area contributed by atoms with Crippen LogP contribution in [0.1, 0.15) is 19.6 Å². The summed E-state index contributed by atoms with van der Waals surface area (Å²) in [6, 6.07) is 4.04. The number of hydrogen-bond donors (Lipinski definition) is 1. The van der Waals surface area contributed by atoms with Gasteiger partial charge in [-0.1, -0.05) is 13.8 Å². The van der Waals surface area contributed by atoms with E-state index in [1.165, 1.54) is 0 Å². The van der Waals surface area contributed by atoms with E-state index in [0.29, 0.717) is 11.8 Å². The van der Waals surface area contributed by atoms with Crippen molar-refractivity contribution in [2.24, 2.45) is 11.8 Å². The number of ether oxygens (including phenoxy) is 1. The molecule has 0 bridgehead atoms. The maximum Gasteiger partial charge on any atom is 0.114 e. The van der Waals surface area contributed by atoms with Crippen molar-refractivity contribution in [1.29, 1.82) is 0 Å². The monoisotopic (exact) mass is 223 g/mol. The molecule has 1 unspecified atom stereocenters. The number of nitrogens with one attached hydrogen (secondary N) is 1. The Kier molecular flexibility index (Phi) is 3.36. The molecule has 0 amide bonds. The summed E-state index contributed by atoms with van der Waals surface area (Å²) in [4.78, 5) is 0. The van der Waals surface area contributed by atoms with Crippen LogP contribution in [0.3, 0.4) is 0 Å². The molecule has 3 heteroatoms. The van der Waals surface area contributed by atoms with Crippen LogP contribution in [0.4, 0.5) is 0 Å². The highest BCUT2D eigenvalue weighted by atomic mass is 16.5. The first-order chi connectivity index (χ1) is 7.70. The highest BCUT2D eigenvalue weighted by molar-refractivity contribution is 5.20. The normalized spacial score (nSPS) is 20.8. The van der Waals surface area contributed by atoms with Gasteiger partial charge in [0, 0.05) is 0 Å². The lowest BCUT2D eigenvalue weighted by Crippen LogP contribution is -2.56.